The predicted octanol–water partition coefficient (Wildman–Crippen LogP) is 1.41. The Hall–Kier alpha value is -1.13. The third kappa shape index (κ3) is 2.65. The van der Waals surface area contributed by atoms with Crippen LogP contribution in [0.1, 0.15) is 32.3 Å². The van der Waals surface area contributed by atoms with Crippen LogP contribution in [0.25, 0.3) is 0 Å². The van der Waals surface area contributed by atoms with Crippen molar-refractivity contribution in [2.75, 3.05) is 18.8 Å². The second-order valence-corrected chi connectivity index (χ2v) is 5.71. The number of hydrogen-bond acceptors (Lipinski definition) is 4. The molecular formula is C14H24N4. The highest BCUT2D eigenvalue weighted by Gasteiger charge is 2.34. The van der Waals surface area contributed by atoms with Crippen molar-refractivity contribution >= 4 is 5.82 Å². The van der Waals surface area contributed by atoms with E-state index in [9.17, 15) is 0 Å². The molecule has 0 aliphatic carbocycles. The van der Waals surface area contributed by atoms with Gasteiger partial charge < -0.3 is 11.5 Å². The molecule has 0 radical (unpaired) electrons. The van der Waals surface area contributed by atoms with Crippen molar-refractivity contribution in [1.29, 1.82) is 0 Å². The van der Waals surface area contributed by atoms with Gasteiger partial charge >= 0.3 is 0 Å². The zero-order chi connectivity index (χ0) is 13.2. The maximum Gasteiger partial charge on any atom is 0.126 e. The van der Waals surface area contributed by atoms with Gasteiger partial charge in [-0.2, -0.15) is 0 Å². The second kappa shape index (κ2) is 5.24. The summed E-state index contributed by atoms with van der Waals surface area (Å²) in [5, 5.41) is 0. The van der Waals surface area contributed by atoms with Crippen LogP contribution in [0.5, 0.6) is 0 Å². The van der Waals surface area contributed by atoms with Crippen molar-refractivity contribution in [2.24, 2.45) is 5.73 Å². The number of rotatable bonds is 4. The highest BCUT2D eigenvalue weighted by Crippen LogP contribution is 2.25. The average Bonchev–Trinajstić information content (AvgIpc) is 2.86. The fourth-order valence-electron chi connectivity index (χ4n) is 2.64. The lowest BCUT2D eigenvalue weighted by Crippen LogP contribution is -2.56. The van der Waals surface area contributed by atoms with E-state index >= 15 is 0 Å². The molecule has 0 spiro atoms. The molecule has 0 aromatic carbocycles. The smallest absolute Gasteiger partial charge is 0.126 e. The van der Waals surface area contributed by atoms with Crippen molar-refractivity contribution in [3.8, 4) is 0 Å². The Kier molecular flexibility index (Phi) is 3.88. The van der Waals surface area contributed by atoms with Gasteiger partial charge in [-0.1, -0.05) is 6.07 Å². The molecule has 0 amide bonds. The molecule has 100 valence electrons. The Balaban J connectivity index is 2.07. The van der Waals surface area contributed by atoms with E-state index in [1.165, 1.54) is 12.8 Å². The summed E-state index contributed by atoms with van der Waals surface area (Å²) in [5.41, 5.74) is 13.4. The summed E-state index contributed by atoms with van der Waals surface area (Å²) >= 11 is 0. The van der Waals surface area contributed by atoms with Gasteiger partial charge in [-0.3, -0.25) is 4.90 Å². The van der Waals surface area contributed by atoms with Gasteiger partial charge in [0.2, 0.25) is 0 Å². The van der Waals surface area contributed by atoms with Gasteiger partial charge in [0.25, 0.3) is 0 Å². The lowest BCUT2D eigenvalue weighted by atomic mass is 9.88. The summed E-state index contributed by atoms with van der Waals surface area (Å²) in [6, 6.07) is 4.01. The minimum absolute atomic E-state index is 0.0127. The third-order valence-electron chi connectivity index (χ3n) is 4.19. The van der Waals surface area contributed by atoms with Gasteiger partial charge in [-0.05, 0) is 57.8 Å². The highest BCUT2D eigenvalue weighted by molar-refractivity contribution is 5.39. The number of likely N-dealkylation sites (tertiary alicyclic amines) is 1. The van der Waals surface area contributed by atoms with E-state index in [0.29, 0.717) is 5.82 Å². The zero-order valence-electron chi connectivity index (χ0n) is 11.4. The molecule has 1 atom stereocenters. The Morgan fingerprint density at radius 1 is 1.39 bits per heavy atom. The lowest BCUT2D eigenvalue weighted by Gasteiger charge is -2.40. The van der Waals surface area contributed by atoms with Crippen LogP contribution in [0.15, 0.2) is 18.3 Å². The number of aromatic nitrogens is 1. The fourth-order valence-corrected chi connectivity index (χ4v) is 2.64. The van der Waals surface area contributed by atoms with Crippen molar-refractivity contribution in [1.82, 2.24) is 9.88 Å². The molecule has 4 N–H and O–H groups in total. The molecule has 2 heterocycles. The molecule has 1 aliphatic rings. The summed E-state index contributed by atoms with van der Waals surface area (Å²) in [5.74, 6) is 0.602. The van der Waals surface area contributed by atoms with Crippen LogP contribution >= 0.6 is 0 Å². The summed E-state index contributed by atoms with van der Waals surface area (Å²) in [6.07, 6.45) is 5.06. The number of anilines is 1. The zero-order valence-corrected chi connectivity index (χ0v) is 11.4. The van der Waals surface area contributed by atoms with E-state index < -0.39 is 0 Å². The van der Waals surface area contributed by atoms with Gasteiger partial charge in [0.15, 0.2) is 0 Å². The molecule has 0 saturated carbocycles. The summed E-state index contributed by atoms with van der Waals surface area (Å²) in [4.78, 5) is 6.61. The normalized spacial score (nSPS) is 19.1. The van der Waals surface area contributed by atoms with E-state index in [4.69, 9.17) is 11.5 Å². The average molecular weight is 248 g/mol. The van der Waals surface area contributed by atoms with Crippen LogP contribution < -0.4 is 11.5 Å². The lowest BCUT2D eigenvalue weighted by molar-refractivity contribution is 0.123. The largest absolute Gasteiger partial charge is 0.383 e. The first-order valence-corrected chi connectivity index (χ1v) is 6.72. The quantitative estimate of drug-likeness (QED) is 0.845. The monoisotopic (exact) mass is 248 g/mol. The number of hydrogen-bond donors (Lipinski definition) is 2. The van der Waals surface area contributed by atoms with Crippen LogP contribution in [0, 0.1) is 0 Å². The van der Waals surface area contributed by atoms with E-state index in [1.807, 2.05) is 12.1 Å². The van der Waals surface area contributed by atoms with E-state index in [0.717, 1.165) is 25.1 Å². The van der Waals surface area contributed by atoms with E-state index in [1.54, 1.807) is 6.20 Å². The van der Waals surface area contributed by atoms with Crippen molar-refractivity contribution in [3.05, 3.63) is 23.9 Å². The highest BCUT2D eigenvalue weighted by atomic mass is 15.2. The molecule has 2 rings (SSSR count). The molecule has 18 heavy (non-hydrogen) atoms. The minimum Gasteiger partial charge on any atom is -0.383 e. The topological polar surface area (TPSA) is 68.2 Å². The van der Waals surface area contributed by atoms with Gasteiger partial charge in [-0.25, -0.2) is 4.98 Å². The van der Waals surface area contributed by atoms with Gasteiger partial charge in [-0.15, -0.1) is 0 Å². The fraction of sp³-hybridized carbons (Fsp3) is 0.643. The molecule has 0 bridgehead atoms. The Morgan fingerprint density at radius 3 is 2.67 bits per heavy atom. The molecule has 1 saturated heterocycles. The number of nitrogens with two attached hydrogens (primary N) is 2. The minimum atomic E-state index is 0.0127. The first-order valence-electron chi connectivity index (χ1n) is 6.72. The molecule has 1 aromatic rings. The van der Waals surface area contributed by atoms with E-state index in [2.05, 4.69) is 23.7 Å². The third-order valence-corrected chi connectivity index (χ3v) is 4.19. The maximum atomic E-state index is 6.41. The Labute approximate surface area is 109 Å². The van der Waals surface area contributed by atoms with Crippen LogP contribution in [0.2, 0.25) is 0 Å². The number of pyridine rings is 1. The maximum absolute atomic E-state index is 6.41. The Morgan fingerprint density at radius 2 is 2.06 bits per heavy atom. The number of nitrogens with zero attached hydrogens (tertiary/aromatic N) is 2. The first-order chi connectivity index (χ1) is 8.51. The van der Waals surface area contributed by atoms with Crippen LogP contribution in [-0.2, 0) is 6.42 Å². The van der Waals surface area contributed by atoms with Gasteiger partial charge in [0.05, 0.1) is 0 Å². The van der Waals surface area contributed by atoms with Crippen molar-refractivity contribution < 1.29 is 0 Å². The SMILES string of the molecule is CC(C)(C(N)Cc1cccnc1N)N1CCCC1. The van der Waals surface area contributed by atoms with Gasteiger partial charge in [0.1, 0.15) is 5.82 Å². The summed E-state index contributed by atoms with van der Waals surface area (Å²) in [6.45, 7) is 6.78. The van der Waals surface area contributed by atoms with Crippen molar-refractivity contribution in [3.63, 3.8) is 0 Å². The Bertz CT molecular complexity index is 397. The standard InChI is InChI=1S/C14H24N4/c1-14(2,18-8-3-4-9-18)12(15)10-11-6-5-7-17-13(11)16/h5-7,12H,3-4,8-10,15H2,1-2H3,(H2,16,17). The molecule has 1 unspecified atom stereocenters. The molecule has 1 aromatic heterocycles. The van der Waals surface area contributed by atoms with Crippen LogP contribution in [0.3, 0.4) is 0 Å². The summed E-state index contributed by atoms with van der Waals surface area (Å²) < 4.78 is 0. The van der Waals surface area contributed by atoms with Gasteiger partial charge in [0, 0.05) is 17.8 Å². The molecule has 1 aliphatic heterocycles. The van der Waals surface area contributed by atoms with Crippen LogP contribution in [0.4, 0.5) is 5.82 Å². The van der Waals surface area contributed by atoms with E-state index in [-0.39, 0.29) is 11.6 Å². The number of nitrogen functional groups attached to an aromatic ring is 1. The van der Waals surface area contributed by atoms with Crippen LogP contribution in [-0.4, -0.2) is 34.6 Å². The van der Waals surface area contributed by atoms with Crippen molar-refractivity contribution in [2.45, 2.75) is 44.7 Å². The summed E-state index contributed by atoms with van der Waals surface area (Å²) in [7, 11) is 0. The second-order valence-electron chi connectivity index (χ2n) is 5.71. The predicted molar refractivity (Wildman–Crippen MR) is 75.2 cm³/mol. The molecule has 1 fully saturated rings. The molecular weight excluding hydrogens is 224 g/mol. The first kappa shape index (κ1) is 13.3. The molecule has 4 heteroatoms. The molecule has 4 nitrogen and oxygen atoms in total.